The zero-order valence-electron chi connectivity index (χ0n) is 15.8. The fraction of sp³-hybridized carbons (Fsp3) is 0.750. The van der Waals surface area contributed by atoms with Crippen LogP contribution in [-0.4, -0.2) is 55.3 Å². The summed E-state index contributed by atoms with van der Waals surface area (Å²) in [6, 6.07) is 4.84. The Labute approximate surface area is 161 Å². The Morgan fingerprint density at radius 1 is 1.38 bits per heavy atom. The smallest absolute Gasteiger partial charge is 0.191 e. The molecule has 4 atom stereocenters. The summed E-state index contributed by atoms with van der Waals surface area (Å²) in [4.78, 5) is 9.00. The van der Waals surface area contributed by atoms with Crippen LogP contribution in [0.2, 0.25) is 0 Å². The van der Waals surface area contributed by atoms with Gasteiger partial charge in [0.25, 0.3) is 0 Å². The molecule has 0 saturated carbocycles. The van der Waals surface area contributed by atoms with Crippen molar-refractivity contribution in [1.82, 2.24) is 15.5 Å². The van der Waals surface area contributed by atoms with Crippen molar-refractivity contribution in [1.29, 1.82) is 0 Å². The zero-order chi connectivity index (χ0) is 17.8. The van der Waals surface area contributed by atoms with Gasteiger partial charge in [-0.05, 0) is 62.9 Å². The van der Waals surface area contributed by atoms with Gasteiger partial charge in [0.05, 0.1) is 18.2 Å². The van der Waals surface area contributed by atoms with E-state index in [1.165, 1.54) is 37.1 Å². The number of piperidine rings is 1. The van der Waals surface area contributed by atoms with Crippen molar-refractivity contribution in [2.75, 3.05) is 26.2 Å². The summed E-state index contributed by atoms with van der Waals surface area (Å²) in [5.41, 5.74) is 0. The summed E-state index contributed by atoms with van der Waals surface area (Å²) >= 11 is 1.87. The molecule has 0 aromatic carbocycles. The minimum atomic E-state index is 0.389. The van der Waals surface area contributed by atoms with E-state index in [9.17, 15) is 0 Å². The van der Waals surface area contributed by atoms with Crippen molar-refractivity contribution in [2.24, 2.45) is 10.9 Å². The maximum absolute atomic E-state index is 5.97. The number of nitrogens with one attached hydrogen (secondary N) is 2. The summed E-state index contributed by atoms with van der Waals surface area (Å²) in [5, 5.41) is 9.24. The predicted octanol–water partition coefficient (Wildman–Crippen LogP) is 2.84. The third-order valence-corrected chi connectivity index (χ3v) is 6.70. The Bertz CT molecular complexity index is 591. The molecule has 2 N–H and O–H groups in total. The Morgan fingerprint density at radius 3 is 3.08 bits per heavy atom. The average molecular weight is 377 g/mol. The first kappa shape index (κ1) is 18.3. The Morgan fingerprint density at radius 2 is 2.35 bits per heavy atom. The van der Waals surface area contributed by atoms with E-state index in [0.717, 1.165) is 38.6 Å². The lowest BCUT2D eigenvalue weighted by atomic mass is 9.95. The van der Waals surface area contributed by atoms with Crippen LogP contribution in [0.3, 0.4) is 0 Å². The van der Waals surface area contributed by atoms with Gasteiger partial charge >= 0.3 is 0 Å². The van der Waals surface area contributed by atoms with Gasteiger partial charge in [0.2, 0.25) is 0 Å². The van der Waals surface area contributed by atoms with Gasteiger partial charge in [-0.3, -0.25) is 9.89 Å². The highest BCUT2D eigenvalue weighted by molar-refractivity contribution is 7.09. The average Bonchev–Trinajstić information content (AvgIpc) is 3.39. The molecule has 0 amide bonds. The molecule has 1 aromatic heterocycles. The largest absolute Gasteiger partial charge is 0.373 e. The maximum atomic E-state index is 5.97. The molecule has 0 radical (unpaired) electrons. The van der Waals surface area contributed by atoms with Crippen LogP contribution in [0.15, 0.2) is 22.5 Å². The summed E-state index contributed by atoms with van der Waals surface area (Å²) in [5.74, 6) is 1.64. The van der Waals surface area contributed by atoms with Crippen LogP contribution in [0, 0.1) is 5.92 Å². The second-order valence-electron chi connectivity index (χ2n) is 7.90. The minimum Gasteiger partial charge on any atom is -0.373 e. The second-order valence-corrected chi connectivity index (χ2v) is 8.94. The highest BCUT2D eigenvalue weighted by atomic mass is 32.1. The van der Waals surface area contributed by atoms with E-state index in [-0.39, 0.29) is 0 Å². The second kappa shape index (κ2) is 8.72. The molecule has 4 rings (SSSR count). The molecule has 3 saturated heterocycles. The van der Waals surface area contributed by atoms with E-state index < -0.39 is 0 Å². The summed E-state index contributed by atoms with van der Waals surface area (Å²) in [7, 11) is 0. The Hall–Kier alpha value is -1.11. The molecule has 144 valence electrons. The maximum Gasteiger partial charge on any atom is 0.191 e. The molecule has 6 heteroatoms. The summed E-state index contributed by atoms with van der Waals surface area (Å²) in [6.07, 6.45) is 7.01. The van der Waals surface area contributed by atoms with E-state index in [2.05, 4.69) is 40.0 Å². The molecule has 4 heterocycles. The quantitative estimate of drug-likeness (QED) is 0.592. The number of aliphatic imine (C=N–C) groups is 1. The van der Waals surface area contributed by atoms with Crippen molar-refractivity contribution in [2.45, 2.75) is 63.8 Å². The van der Waals surface area contributed by atoms with Crippen LogP contribution in [-0.2, 0) is 11.3 Å². The monoisotopic (exact) mass is 376 g/mol. The SMILES string of the molecule is CCNC(=NCC1CCCN(Cc2cccs2)C1)NC1CC2CCC1O2. The van der Waals surface area contributed by atoms with Crippen LogP contribution in [0.4, 0.5) is 0 Å². The molecule has 3 aliphatic rings. The molecule has 3 aliphatic heterocycles. The first-order valence-corrected chi connectivity index (χ1v) is 11.1. The number of rotatable bonds is 6. The summed E-state index contributed by atoms with van der Waals surface area (Å²) < 4.78 is 5.97. The van der Waals surface area contributed by atoms with Gasteiger partial charge < -0.3 is 15.4 Å². The first-order chi connectivity index (χ1) is 12.8. The van der Waals surface area contributed by atoms with Gasteiger partial charge in [0.15, 0.2) is 5.96 Å². The zero-order valence-corrected chi connectivity index (χ0v) is 16.6. The van der Waals surface area contributed by atoms with Gasteiger partial charge in [-0.1, -0.05) is 6.07 Å². The fourth-order valence-corrected chi connectivity index (χ4v) is 5.32. The number of likely N-dealkylation sites (tertiary alicyclic amines) is 1. The molecule has 1 aromatic rings. The lowest BCUT2D eigenvalue weighted by Crippen LogP contribution is -2.47. The van der Waals surface area contributed by atoms with Crippen LogP contribution < -0.4 is 10.6 Å². The molecule has 4 unspecified atom stereocenters. The normalized spacial score (nSPS) is 32.1. The molecule has 5 nitrogen and oxygen atoms in total. The van der Waals surface area contributed by atoms with Gasteiger partial charge in [0.1, 0.15) is 0 Å². The molecule has 2 bridgehead atoms. The Balaban J connectivity index is 1.29. The number of thiophene rings is 1. The van der Waals surface area contributed by atoms with E-state index in [1.807, 2.05) is 11.3 Å². The topological polar surface area (TPSA) is 48.9 Å². The number of hydrogen-bond acceptors (Lipinski definition) is 4. The first-order valence-electron chi connectivity index (χ1n) is 10.2. The van der Waals surface area contributed by atoms with Crippen molar-refractivity contribution < 1.29 is 4.74 Å². The van der Waals surface area contributed by atoms with Crippen LogP contribution in [0.1, 0.15) is 43.9 Å². The lowest BCUT2D eigenvalue weighted by Gasteiger charge is -2.32. The van der Waals surface area contributed by atoms with Crippen molar-refractivity contribution in [3.8, 4) is 0 Å². The van der Waals surface area contributed by atoms with Crippen molar-refractivity contribution >= 4 is 17.3 Å². The summed E-state index contributed by atoms with van der Waals surface area (Å²) in [6.45, 7) is 7.44. The van der Waals surface area contributed by atoms with E-state index in [4.69, 9.17) is 9.73 Å². The van der Waals surface area contributed by atoms with Crippen molar-refractivity contribution in [3.63, 3.8) is 0 Å². The van der Waals surface area contributed by atoms with Crippen LogP contribution in [0.5, 0.6) is 0 Å². The lowest BCUT2D eigenvalue weighted by molar-refractivity contribution is 0.0992. The highest BCUT2D eigenvalue weighted by Crippen LogP contribution is 2.34. The number of nitrogens with zero attached hydrogens (tertiary/aromatic N) is 2. The minimum absolute atomic E-state index is 0.389. The number of fused-ring (bicyclic) bond motifs is 2. The molecule has 0 spiro atoms. The van der Waals surface area contributed by atoms with Crippen LogP contribution >= 0.6 is 11.3 Å². The van der Waals surface area contributed by atoms with Crippen LogP contribution in [0.25, 0.3) is 0 Å². The standard InChI is InChI=1S/C20H32N4OS/c1-2-21-20(23-18-11-16-7-8-19(18)25-16)22-12-15-5-3-9-24(13-15)14-17-6-4-10-26-17/h4,6,10,15-16,18-19H,2-3,5,7-9,11-14H2,1H3,(H2,21,22,23). The molecular formula is C20H32N4OS. The highest BCUT2D eigenvalue weighted by Gasteiger charge is 2.41. The van der Waals surface area contributed by atoms with Gasteiger partial charge in [0, 0.05) is 31.1 Å². The number of hydrogen-bond donors (Lipinski definition) is 2. The molecule has 26 heavy (non-hydrogen) atoms. The van der Waals surface area contributed by atoms with E-state index in [1.54, 1.807) is 0 Å². The fourth-order valence-electron chi connectivity index (χ4n) is 4.57. The van der Waals surface area contributed by atoms with Gasteiger partial charge in [-0.15, -0.1) is 11.3 Å². The number of guanidine groups is 1. The van der Waals surface area contributed by atoms with Crippen molar-refractivity contribution in [3.05, 3.63) is 22.4 Å². The van der Waals surface area contributed by atoms with Gasteiger partial charge in [-0.2, -0.15) is 0 Å². The molecule has 3 fully saturated rings. The van der Waals surface area contributed by atoms with E-state index >= 15 is 0 Å². The predicted molar refractivity (Wildman–Crippen MR) is 108 cm³/mol. The van der Waals surface area contributed by atoms with Gasteiger partial charge in [-0.25, -0.2) is 0 Å². The number of ether oxygens (including phenoxy) is 1. The molecular weight excluding hydrogens is 344 g/mol. The molecule has 0 aliphatic carbocycles. The third kappa shape index (κ3) is 4.59. The van der Waals surface area contributed by atoms with E-state index in [0.29, 0.717) is 24.2 Å². The Kier molecular flexibility index (Phi) is 6.12. The third-order valence-electron chi connectivity index (χ3n) is 5.84.